The van der Waals surface area contributed by atoms with Gasteiger partial charge < -0.3 is 0 Å². The van der Waals surface area contributed by atoms with Gasteiger partial charge in [0.2, 0.25) is 10.0 Å². The molecule has 0 fully saturated rings. The summed E-state index contributed by atoms with van der Waals surface area (Å²) in [7, 11) is -3.33. The van der Waals surface area contributed by atoms with E-state index in [1.807, 2.05) is 6.07 Å². The number of benzene rings is 1. The predicted octanol–water partition coefficient (Wildman–Crippen LogP) is 3.07. The molecule has 0 spiro atoms. The Morgan fingerprint density at radius 2 is 2.06 bits per heavy atom. The summed E-state index contributed by atoms with van der Waals surface area (Å²) in [6, 6.07) is 7.08. The Balaban J connectivity index is 2.77. The van der Waals surface area contributed by atoms with Crippen LogP contribution in [0.25, 0.3) is 0 Å². The molecule has 0 aromatic heterocycles. The molecule has 0 saturated carbocycles. The number of para-hydroxylation sites is 1. The summed E-state index contributed by atoms with van der Waals surface area (Å²) < 4.78 is 26.7. The van der Waals surface area contributed by atoms with Gasteiger partial charge in [0.1, 0.15) is 0 Å². The van der Waals surface area contributed by atoms with Gasteiger partial charge in [0, 0.05) is 10.4 Å². The van der Waals surface area contributed by atoms with Gasteiger partial charge in [0.15, 0.2) is 0 Å². The average molecular weight is 327 g/mol. The van der Waals surface area contributed by atoms with E-state index in [0.717, 1.165) is 4.47 Å². The Morgan fingerprint density at radius 3 is 2.62 bits per heavy atom. The molecule has 0 saturated heterocycles. The van der Waals surface area contributed by atoms with Crippen molar-refractivity contribution in [2.24, 2.45) is 5.92 Å². The van der Waals surface area contributed by atoms with E-state index in [1.165, 1.54) is 0 Å². The molecule has 0 amide bonds. The molecule has 1 aromatic rings. The Labute approximate surface area is 109 Å². The van der Waals surface area contributed by atoms with Crippen LogP contribution >= 0.6 is 27.5 Å². The van der Waals surface area contributed by atoms with Gasteiger partial charge in [0.05, 0.1) is 11.4 Å². The molecule has 6 heteroatoms. The highest BCUT2D eigenvalue weighted by Gasteiger charge is 2.15. The first-order valence-corrected chi connectivity index (χ1v) is 7.73. The van der Waals surface area contributed by atoms with E-state index in [0.29, 0.717) is 11.6 Å². The monoisotopic (exact) mass is 325 g/mol. The lowest BCUT2D eigenvalue weighted by molar-refractivity contribution is 0.588. The molecule has 1 N–H and O–H groups in total. The molecule has 0 aliphatic carbocycles. The zero-order chi connectivity index (χ0) is 12.2. The lowest BCUT2D eigenvalue weighted by Gasteiger charge is -2.12. The maximum Gasteiger partial charge on any atom is 0.233 e. The zero-order valence-electron chi connectivity index (χ0n) is 8.78. The third kappa shape index (κ3) is 4.31. The second-order valence-electron chi connectivity index (χ2n) is 3.62. The molecule has 1 atom stereocenters. The van der Waals surface area contributed by atoms with E-state index < -0.39 is 10.0 Å². The minimum absolute atomic E-state index is 0.0256. The highest BCUT2D eigenvalue weighted by Crippen LogP contribution is 2.22. The van der Waals surface area contributed by atoms with Crippen molar-refractivity contribution in [3.05, 3.63) is 28.7 Å². The van der Waals surface area contributed by atoms with Gasteiger partial charge >= 0.3 is 0 Å². The van der Waals surface area contributed by atoms with Crippen molar-refractivity contribution in [3.63, 3.8) is 0 Å². The summed E-state index contributed by atoms with van der Waals surface area (Å²) in [5, 5.41) is 0. The minimum Gasteiger partial charge on any atom is -0.282 e. The van der Waals surface area contributed by atoms with E-state index in [4.69, 9.17) is 11.6 Å². The summed E-state index contributed by atoms with van der Waals surface area (Å²) in [5.41, 5.74) is 0.546. The highest BCUT2D eigenvalue weighted by atomic mass is 79.9. The second kappa shape index (κ2) is 5.89. The van der Waals surface area contributed by atoms with Crippen molar-refractivity contribution in [1.29, 1.82) is 0 Å². The van der Waals surface area contributed by atoms with Crippen molar-refractivity contribution >= 4 is 43.2 Å². The fourth-order valence-corrected chi connectivity index (χ4v) is 3.39. The molecule has 90 valence electrons. The lowest BCUT2D eigenvalue weighted by Crippen LogP contribution is -2.22. The number of hydrogen-bond donors (Lipinski definition) is 1. The summed E-state index contributed by atoms with van der Waals surface area (Å²) in [4.78, 5) is 0. The van der Waals surface area contributed by atoms with Crippen LogP contribution < -0.4 is 4.72 Å². The molecule has 0 heterocycles. The normalized spacial score (nSPS) is 13.4. The van der Waals surface area contributed by atoms with E-state index in [9.17, 15) is 8.42 Å². The number of halogens is 2. The standard InChI is InChI=1S/C10H13BrClNO2S/c1-8(6-12)7-16(14,15)13-10-5-3-2-4-9(10)11/h2-5,8,13H,6-7H2,1H3. The number of rotatable bonds is 5. The van der Waals surface area contributed by atoms with Crippen LogP contribution in [-0.2, 0) is 10.0 Å². The largest absolute Gasteiger partial charge is 0.282 e. The van der Waals surface area contributed by atoms with E-state index in [2.05, 4.69) is 20.7 Å². The number of anilines is 1. The maximum atomic E-state index is 11.7. The van der Waals surface area contributed by atoms with Gasteiger partial charge in [-0.25, -0.2) is 8.42 Å². The number of alkyl halides is 1. The Morgan fingerprint density at radius 1 is 1.44 bits per heavy atom. The number of nitrogens with one attached hydrogen (secondary N) is 1. The molecule has 0 aliphatic rings. The third-order valence-electron chi connectivity index (χ3n) is 1.91. The predicted molar refractivity (Wildman–Crippen MR) is 71.4 cm³/mol. The van der Waals surface area contributed by atoms with Crippen LogP contribution in [0.4, 0.5) is 5.69 Å². The topological polar surface area (TPSA) is 46.2 Å². The first-order chi connectivity index (χ1) is 7.44. The fourth-order valence-electron chi connectivity index (χ4n) is 1.17. The van der Waals surface area contributed by atoms with Crippen LogP contribution in [0.5, 0.6) is 0 Å². The van der Waals surface area contributed by atoms with Crippen LogP contribution in [0, 0.1) is 5.92 Å². The maximum absolute atomic E-state index is 11.7. The van der Waals surface area contributed by atoms with Crippen LogP contribution in [0.1, 0.15) is 6.92 Å². The summed E-state index contributed by atoms with van der Waals surface area (Å²) in [6.45, 7) is 1.80. The van der Waals surface area contributed by atoms with Crippen molar-refractivity contribution in [2.45, 2.75) is 6.92 Å². The summed E-state index contributed by atoms with van der Waals surface area (Å²) in [5.74, 6) is 0.288. The van der Waals surface area contributed by atoms with Gasteiger partial charge in [-0.15, -0.1) is 11.6 Å². The van der Waals surface area contributed by atoms with Gasteiger partial charge in [0.25, 0.3) is 0 Å². The molecule has 1 unspecified atom stereocenters. The highest BCUT2D eigenvalue weighted by molar-refractivity contribution is 9.10. The first-order valence-electron chi connectivity index (χ1n) is 4.75. The van der Waals surface area contributed by atoms with Crippen LogP contribution in [0.2, 0.25) is 0 Å². The average Bonchev–Trinajstić information content (AvgIpc) is 2.20. The van der Waals surface area contributed by atoms with Crippen LogP contribution in [0.15, 0.2) is 28.7 Å². The van der Waals surface area contributed by atoms with Gasteiger partial charge in [-0.1, -0.05) is 19.1 Å². The molecular weight excluding hydrogens is 314 g/mol. The van der Waals surface area contributed by atoms with Crippen molar-refractivity contribution in [3.8, 4) is 0 Å². The molecule has 0 bridgehead atoms. The summed E-state index contributed by atoms with van der Waals surface area (Å²) in [6.07, 6.45) is 0. The number of sulfonamides is 1. The Bertz CT molecular complexity index is 450. The second-order valence-corrected chi connectivity index (χ2v) is 6.55. The van der Waals surface area contributed by atoms with E-state index in [-0.39, 0.29) is 11.7 Å². The fraction of sp³-hybridized carbons (Fsp3) is 0.400. The van der Waals surface area contributed by atoms with Crippen LogP contribution in [0.3, 0.4) is 0 Å². The zero-order valence-corrected chi connectivity index (χ0v) is 11.9. The quantitative estimate of drug-likeness (QED) is 0.845. The van der Waals surface area contributed by atoms with Crippen molar-refractivity contribution in [2.75, 3.05) is 16.4 Å². The van der Waals surface area contributed by atoms with Gasteiger partial charge in [-0.05, 0) is 34.0 Å². The minimum atomic E-state index is -3.33. The van der Waals surface area contributed by atoms with E-state index >= 15 is 0 Å². The van der Waals surface area contributed by atoms with Gasteiger partial charge in [-0.2, -0.15) is 0 Å². The Kier molecular flexibility index (Phi) is 5.08. The lowest BCUT2D eigenvalue weighted by atomic mass is 10.3. The molecule has 1 rings (SSSR count). The molecule has 3 nitrogen and oxygen atoms in total. The van der Waals surface area contributed by atoms with Crippen LogP contribution in [-0.4, -0.2) is 20.1 Å². The van der Waals surface area contributed by atoms with Gasteiger partial charge in [-0.3, -0.25) is 4.72 Å². The van der Waals surface area contributed by atoms with Crippen molar-refractivity contribution < 1.29 is 8.42 Å². The molecule has 1 aromatic carbocycles. The van der Waals surface area contributed by atoms with E-state index in [1.54, 1.807) is 25.1 Å². The number of hydrogen-bond acceptors (Lipinski definition) is 2. The third-order valence-corrected chi connectivity index (χ3v) is 4.66. The SMILES string of the molecule is CC(CCl)CS(=O)(=O)Nc1ccccc1Br. The molecule has 16 heavy (non-hydrogen) atoms. The molecular formula is C10H13BrClNO2S. The first kappa shape index (κ1) is 13.8. The van der Waals surface area contributed by atoms with Crippen molar-refractivity contribution in [1.82, 2.24) is 0 Å². The smallest absolute Gasteiger partial charge is 0.233 e. The Hall–Kier alpha value is -0.260. The molecule has 0 aliphatic heterocycles. The molecule has 0 radical (unpaired) electrons. The summed E-state index contributed by atoms with van der Waals surface area (Å²) >= 11 is 8.87.